The maximum atomic E-state index is 12.3. The van der Waals surface area contributed by atoms with E-state index < -0.39 is 0 Å². The highest BCUT2D eigenvalue weighted by Crippen LogP contribution is 2.34. The number of carbonyl (C=O) groups excluding carboxylic acids is 1. The van der Waals surface area contributed by atoms with E-state index >= 15 is 0 Å². The number of carbonyl (C=O) groups is 1. The minimum Gasteiger partial charge on any atom is -0.454 e. The van der Waals surface area contributed by atoms with Crippen LogP contribution in [0.15, 0.2) is 41.2 Å². The topological polar surface area (TPSA) is 80.4 Å². The molecular formula is C21H20N2O4. The van der Waals surface area contributed by atoms with E-state index in [-0.39, 0.29) is 24.7 Å². The second-order valence-corrected chi connectivity index (χ2v) is 6.78. The summed E-state index contributed by atoms with van der Waals surface area (Å²) < 4.78 is 10.6. The van der Waals surface area contributed by atoms with Crippen LogP contribution in [0.1, 0.15) is 23.1 Å². The van der Waals surface area contributed by atoms with Gasteiger partial charge in [-0.25, -0.2) is 0 Å². The number of amides is 1. The second kappa shape index (κ2) is 6.79. The SMILES string of the molecule is Cc1cc(C)c2cc(CCC(=O)Nc3ccc4c(c3)OCO4)c(=O)[nH]c2c1. The fraction of sp³-hybridized carbons (Fsp3) is 0.238. The number of aryl methyl sites for hydroxylation is 3. The van der Waals surface area contributed by atoms with Gasteiger partial charge < -0.3 is 19.8 Å². The smallest absolute Gasteiger partial charge is 0.251 e. The number of pyridine rings is 1. The van der Waals surface area contributed by atoms with Gasteiger partial charge in [0.15, 0.2) is 11.5 Å². The summed E-state index contributed by atoms with van der Waals surface area (Å²) in [7, 11) is 0. The van der Waals surface area contributed by atoms with Gasteiger partial charge in [-0.15, -0.1) is 0 Å². The number of anilines is 1. The van der Waals surface area contributed by atoms with Crippen molar-refractivity contribution in [2.45, 2.75) is 26.7 Å². The third kappa shape index (κ3) is 3.51. The lowest BCUT2D eigenvalue weighted by Gasteiger charge is -2.08. The van der Waals surface area contributed by atoms with Crippen LogP contribution in [0.4, 0.5) is 5.69 Å². The molecule has 0 saturated heterocycles. The molecule has 27 heavy (non-hydrogen) atoms. The number of nitrogens with one attached hydrogen (secondary N) is 2. The van der Waals surface area contributed by atoms with Gasteiger partial charge in [0.1, 0.15) is 0 Å². The lowest BCUT2D eigenvalue weighted by Crippen LogP contribution is -2.17. The Balaban J connectivity index is 1.47. The van der Waals surface area contributed by atoms with E-state index in [4.69, 9.17) is 9.47 Å². The Labute approximate surface area is 156 Å². The van der Waals surface area contributed by atoms with Crippen LogP contribution in [-0.2, 0) is 11.2 Å². The average Bonchev–Trinajstić information content (AvgIpc) is 3.07. The summed E-state index contributed by atoms with van der Waals surface area (Å²) in [6, 6.07) is 11.2. The number of H-pyrrole nitrogens is 1. The first-order valence-electron chi connectivity index (χ1n) is 8.82. The number of hydrogen-bond acceptors (Lipinski definition) is 4. The Kier molecular flexibility index (Phi) is 4.32. The quantitative estimate of drug-likeness (QED) is 0.743. The summed E-state index contributed by atoms with van der Waals surface area (Å²) >= 11 is 0. The molecule has 1 amide bonds. The molecule has 1 aromatic heterocycles. The third-order valence-corrected chi connectivity index (χ3v) is 4.67. The molecule has 1 aliphatic heterocycles. The molecule has 4 rings (SSSR count). The van der Waals surface area contributed by atoms with Crippen molar-refractivity contribution in [3.8, 4) is 11.5 Å². The molecule has 138 valence electrons. The molecule has 0 fully saturated rings. The fourth-order valence-electron chi connectivity index (χ4n) is 3.35. The van der Waals surface area contributed by atoms with Gasteiger partial charge in [-0.1, -0.05) is 6.07 Å². The molecule has 2 N–H and O–H groups in total. The lowest BCUT2D eigenvalue weighted by molar-refractivity contribution is -0.116. The van der Waals surface area contributed by atoms with Gasteiger partial charge in [0, 0.05) is 34.6 Å². The van der Waals surface area contributed by atoms with Crippen LogP contribution in [0.25, 0.3) is 10.9 Å². The second-order valence-electron chi connectivity index (χ2n) is 6.78. The zero-order chi connectivity index (χ0) is 19.0. The zero-order valence-corrected chi connectivity index (χ0v) is 15.2. The van der Waals surface area contributed by atoms with Gasteiger partial charge in [-0.05, 0) is 55.7 Å². The van der Waals surface area contributed by atoms with Crippen LogP contribution in [0.5, 0.6) is 11.5 Å². The molecule has 6 heteroatoms. The van der Waals surface area contributed by atoms with Crippen LogP contribution < -0.4 is 20.3 Å². The Morgan fingerprint density at radius 3 is 2.78 bits per heavy atom. The van der Waals surface area contributed by atoms with Crippen molar-refractivity contribution in [1.29, 1.82) is 0 Å². The van der Waals surface area contributed by atoms with E-state index in [0.29, 0.717) is 29.2 Å². The van der Waals surface area contributed by atoms with Crippen molar-refractivity contribution in [3.05, 3.63) is 63.4 Å². The highest BCUT2D eigenvalue weighted by atomic mass is 16.7. The summed E-state index contributed by atoms with van der Waals surface area (Å²) in [5.74, 6) is 1.12. The number of aromatic nitrogens is 1. The summed E-state index contributed by atoms with van der Waals surface area (Å²) in [6.07, 6.45) is 0.586. The molecule has 1 aliphatic rings. The maximum absolute atomic E-state index is 12.3. The van der Waals surface area contributed by atoms with Crippen molar-refractivity contribution in [2.24, 2.45) is 0 Å². The predicted molar refractivity (Wildman–Crippen MR) is 104 cm³/mol. The van der Waals surface area contributed by atoms with Crippen LogP contribution in [0.2, 0.25) is 0 Å². The van der Waals surface area contributed by atoms with Crippen molar-refractivity contribution in [3.63, 3.8) is 0 Å². The highest BCUT2D eigenvalue weighted by Gasteiger charge is 2.14. The predicted octanol–water partition coefficient (Wildman–Crippen LogP) is 3.44. The summed E-state index contributed by atoms with van der Waals surface area (Å²) in [6.45, 7) is 4.21. The molecule has 2 aromatic carbocycles. The van der Waals surface area contributed by atoms with Crippen LogP contribution >= 0.6 is 0 Å². The molecule has 0 spiro atoms. The van der Waals surface area contributed by atoms with Gasteiger partial charge in [-0.3, -0.25) is 9.59 Å². The normalized spacial score (nSPS) is 12.4. The van der Waals surface area contributed by atoms with Crippen molar-refractivity contribution in [2.75, 3.05) is 12.1 Å². The van der Waals surface area contributed by atoms with Crippen molar-refractivity contribution >= 4 is 22.5 Å². The average molecular weight is 364 g/mol. The number of fused-ring (bicyclic) bond motifs is 2. The largest absolute Gasteiger partial charge is 0.454 e. The first-order chi connectivity index (χ1) is 13.0. The minimum atomic E-state index is -0.158. The summed E-state index contributed by atoms with van der Waals surface area (Å²) in [5.41, 5.74) is 4.13. The lowest BCUT2D eigenvalue weighted by atomic mass is 10.0. The molecule has 2 heterocycles. The number of aromatic amines is 1. The van der Waals surface area contributed by atoms with Gasteiger partial charge in [0.2, 0.25) is 12.7 Å². The fourth-order valence-corrected chi connectivity index (χ4v) is 3.35. The first kappa shape index (κ1) is 17.1. The minimum absolute atomic E-state index is 0.150. The van der Waals surface area contributed by atoms with E-state index in [1.165, 1.54) is 0 Å². The Bertz CT molecular complexity index is 1100. The molecule has 0 unspecified atom stereocenters. The first-order valence-corrected chi connectivity index (χ1v) is 8.82. The van der Waals surface area contributed by atoms with Gasteiger partial charge >= 0.3 is 0 Å². The molecule has 0 saturated carbocycles. The zero-order valence-electron chi connectivity index (χ0n) is 15.2. The molecule has 3 aromatic rings. The van der Waals surface area contributed by atoms with E-state index in [9.17, 15) is 9.59 Å². The third-order valence-electron chi connectivity index (χ3n) is 4.67. The van der Waals surface area contributed by atoms with Gasteiger partial charge in [0.05, 0.1) is 0 Å². The molecule has 0 aliphatic carbocycles. The van der Waals surface area contributed by atoms with Crippen LogP contribution in [0, 0.1) is 13.8 Å². The van der Waals surface area contributed by atoms with E-state index in [0.717, 1.165) is 22.0 Å². The molecule has 0 radical (unpaired) electrons. The van der Waals surface area contributed by atoms with Crippen molar-refractivity contribution < 1.29 is 14.3 Å². The summed E-state index contributed by atoms with van der Waals surface area (Å²) in [5, 5.41) is 3.84. The standard InChI is InChI=1S/C21H20N2O4/c1-12-7-13(2)16-9-14(21(25)23-17(16)8-12)3-6-20(24)22-15-4-5-18-19(10-15)27-11-26-18/h4-5,7-10H,3,6,11H2,1-2H3,(H,22,24)(H,23,25). The number of benzene rings is 2. The molecule has 6 nitrogen and oxygen atoms in total. The van der Waals surface area contributed by atoms with Crippen LogP contribution in [-0.4, -0.2) is 17.7 Å². The van der Waals surface area contributed by atoms with Crippen molar-refractivity contribution in [1.82, 2.24) is 4.98 Å². The molecule has 0 atom stereocenters. The van der Waals surface area contributed by atoms with Gasteiger partial charge in [-0.2, -0.15) is 0 Å². The highest BCUT2D eigenvalue weighted by molar-refractivity contribution is 5.91. The molecule has 0 bridgehead atoms. The Morgan fingerprint density at radius 2 is 1.93 bits per heavy atom. The Morgan fingerprint density at radius 1 is 1.11 bits per heavy atom. The van der Waals surface area contributed by atoms with Crippen LogP contribution in [0.3, 0.4) is 0 Å². The van der Waals surface area contributed by atoms with E-state index in [1.54, 1.807) is 18.2 Å². The maximum Gasteiger partial charge on any atom is 0.251 e. The number of rotatable bonds is 4. The summed E-state index contributed by atoms with van der Waals surface area (Å²) in [4.78, 5) is 27.5. The van der Waals surface area contributed by atoms with Gasteiger partial charge in [0.25, 0.3) is 5.56 Å². The van der Waals surface area contributed by atoms with E-state index in [2.05, 4.69) is 16.4 Å². The number of hydrogen-bond donors (Lipinski definition) is 2. The number of ether oxygens (including phenoxy) is 2. The Hall–Kier alpha value is -3.28. The monoisotopic (exact) mass is 364 g/mol. The van der Waals surface area contributed by atoms with E-state index in [1.807, 2.05) is 26.0 Å². The molecular weight excluding hydrogens is 344 g/mol.